The van der Waals surface area contributed by atoms with Crippen molar-refractivity contribution in [3.63, 3.8) is 0 Å². The van der Waals surface area contributed by atoms with Crippen molar-refractivity contribution in [3.05, 3.63) is 0 Å². The highest BCUT2D eigenvalue weighted by molar-refractivity contribution is 5.73. The number of carbonyl (C=O) groups is 1. The first-order chi connectivity index (χ1) is 7.56. The van der Waals surface area contributed by atoms with Crippen molar-refractivity contribution >= 4 is 5.97 Å². The molecule has 0 aliphatic carbocycles. The fourth-order valence-corrected chi connectivity index (χ4v) is 2.21. The number of carboxylic acid groups (broad SMARTS) is 1. The molecule has 5 heteroatoms. The van der Waals surface area contributed by atoms with Gasteiger partial charge in [0.1, 0.15) is 6.04 Å². The highest BCUT2D eigenvalue weighted by Crippen LogP contribution is 2.14. The quantitative estimate of drug-likeness (QED) is 0.719. The minimum atomic E-state index is -0.742. The number of hydrogen-bond acceptors (Lipinski definition) is 4. The number of likely N-dealkylation sites (N-methyl/N-ethyl adjacent to an activating group) is 1. The summed E-state index contributed by atoms with van der Waals surface area (Å²) in [7, 11) is 3.67. The number of rotatable bonds is 5. The molecule has 0 saturated carbocycles. The van der Waals surface area contributed by atoms with Crippen molar-refractivity contribution in [1.82, 2.24) is 9.80 Å². The smallest absolute Gasteiger partial charge is 0.321 e. The lowest BCUT2D eigenvalue weighted by Gasteiger charge is -2.38. The molecule has 0 aromatic rings. The van der Waals surface area contributed by atoms with E-state index in [0.717, 1.165) is 26.2 Å². The summed E-state index contributed by atoms with van der Waals surface area (Å²) in [5, 5.41) is 9.28. The molecule has 0 aromatic heterocycles. The predicted molar refractivity (Wildman–Crippen MR) is 61.5 cm³/mol. The zero-order valence-corrected chi connectivity index (χ0v) is 10.3. The van der Waals surface area contributed by atoms with Crippen LogP contribution in [0, 0.1) is 5.92 Å². The fourth-order valence-electron chi connectivity index (χ4n) is 2.21. The van der Waals surface area contributed by atoms with Crippen LogP contribution in [0.15, 0.2) is 0 Å². The molecule has 1 rings (SSSR count). The highest BCUT2D eigenvalue weighted by atomic mass is 16.5. The van der Waals surface area contributed by atoms with Gasteiger partial charge in [0.15, 0.2) is 0 Å². The summed E-state index contributed by atoms with van der Waals surface area (Å²) < 4.78 is 5.05. The molecule has 1 saturated heterocycles. The Hall–Kier alpha value is -0.650. The Morgan fingerprint density at radius 2 is 1.94 bits per heavy atom. The van der Waals surface area contributed by atoms with E-state index < -0.39 is 12.0 Å². The normalized spacial score (nSPS) is 22.9. The van der Waals surface area contributed by atoms with Gasteiger partial charge in [0, 0.05) is 39.2 Å². The Labute approximate surface area is 97.0 Å². The lowest BCUT2D eigenvalue weighted by Crippen LogP contribution is -2.54. The molecule has 1 N–H and O–H groups in total. The molecule has 1 aliphatic rings. The fraction of sp³-hybridized carbons (Fsp3) is 0.909. The minimum Gasteiger partial charge on any atom is -0.480 e. The zero-order chi connectivity index (χ0) is 12.1. The maximum absolute atomic E-state index is 11.3. The standard InChI is InChI=1S/C11H22N2O3/c1-9(8-16-3)10(11(14)15)13-6-4-12(2)5-7-13/h9-10H,4-8H2,1-3H3,(H,14,15). The van der Waals surface area contributed by atoms with Gasteiger partial charge >= 0.3 is 5.97 Å². The van der Waals surface area contributed by atoms with Crippen LogP contribution < -0.4 is 0 Å². The molecule has 16 heavy (non-hydrogen) atoms. The molecular formula is C11H22N2O3. The Morgan fingerprint density at radius 1 is 1.38 bits per heavy atom. The maximum Gasteiger partial charge on any atom is 0.321 e. The van der Waals surface area contributed by atoms with Gasteiger partial charge in [-0.15, -0.1) is 0 Å². The number of nitrogens with zero attached hydrogens (tertiary/aromatic N) is 2. The van der Waals surface area contributed by atoms with Crippen molar-refractivity contribution in [2.75, 3.05) is 46.9 Å². The van der Waals surface area contributed by atoms with Gasteiger partial charge < -0.3 is 14.7 Å². The van der Waals surface area contributed by atoms with Crippen molar-refractivity contribution in [3.8, 4) is 0 Å². The Kier molecular flexibility index (Phi) is 5.18. The van der Waals surface area contributed by atoms with Crippen LogP contribution in [-0.4, -0.2) is 73.9 Å². The predicted octanol–water partition coefficient (Wildman–Crippen LogP) is -0.0305. The minimum absolute atomic E-state index is 0.0194. The molecule has 5 nitrogen and oxygen atoms in total. The Bertz CT molecular complexity index is 227. The topological polar surface area (TPSA) is 53.0 Å². The SMILES string of the molecule is COCC(C)C(C(=O)O)N1CCN(C)CC1. The summed E-state index contributed by atoms with van der Waals surface area (Å²) >= 11 is 0. The summed E-state index contributed by atoms with van der Waals surface area (Å²) in [4.78, 5) is 15.6. The van der Waals surface area contributed by atoms with Crippen LogP contribution in [0.3, 0.4) is 0 Å². The van der Waals surface area contributed by atoms with Crippen LogP contribution in [0.4, 0.5) is 0 Å². The Balaban J connectivity index is 2.59. The molecule has 0 aromatic carbocycles. The van der Waals surface area contributed by atoms with E-state index in [1.54, 1.807) is 7.11 Å². The average molecular weight is 230 g/mol. The number of hydrogen-bond donors (Lipinski definition) is 1. The molecule has 0 spiro atoms. The van der Waals surface area contributed by atoms with Crippen molar-refractivity contribution < 1.29 is 14.6 Å². The number of carboxylic acids is 1. The van der Waals surface area contributed by atoms with Gasteiger partial charge in [-0.3, -0.25) is 9.69 Å². The first-order valence-electron chi connectivity index (χ1n) is 5.70. The zero-order valence-electron chi connectivity index (χ0n) is 10.3. The van der Waals surface area contributed by atoms with E-state index in [1.807, 2.05) is 11.8 Å². The second-order valence-electron chi connectivity index (χ2n) is 4.55. The first-order valence-corrected chi connectivity index (χ1v) is 5.70. The third-order valence-corrected chi connectivity index (χ3v) is 3.15. The van der Waals surface area contributed by atoms with Crippen LogP contribution in [0.2, 0.25) is 0 Å². The van der Waals surface area contributed by atoms with E-state index in [0.29, 0.717) is 6.61 Å². The second-order valence-corrected chi connectivity index (χ2v) is 4.55. The van der Waals surface area contributed by atoms with Crippen LogP contribution in [0.25, 0.3) is 0 Å². The highest BCUT2D eigenvalue weighted by Gasteiger charge is 2.32. The van der Waals surface area contributed by atoms with E-state index in [4.69, 9.17) is 4.74 Å². The van der Waals surface area contributed by atoms with E-state index in [9.17, 15) is 9.90 Å². The van der Waals surface area contributed by atoms with Crippen molar-refractivity contribution in [2.24, 2.45) is 5.92 Å². The number of piperazine rings is 1. The molecule has 0 amide bonds. The number of aliphatic carboxylic acids is 1. The van der Waals surface area contributed by atoms with Gasteiger partial charge in [0.25, 0.3) is 0 Å². The largest absolute Gasteiger partial charge is 0.480 e. The maximum atomic E-state index is 11.3. The van der Waals surface area contributed by atoms with Gasteiger partial charge in [0.2, 0.25) is 0 Å². The van der Waals surface area contributed by atoms with Gasteiger partial charge in [-0.1, -0.05) is 6.92 Å². The van der Waals surface area contributed by atoms with Gasteiger partial charge in [-0.25, -0.2) is 0 Å². The summed E-state index contributed by atoms with van der Waals surface area (Å²) in [6.07, 6.45) is 0. The van der Waals surface area contributed by atoms with Gasteiger partial charge in [0.05, 0.1) is 6.61 Å². The summed E-state index contributed by atoms with van der Waals surface area (Å²) in [6, 6.07) is -0.423. The summed E-state index contributed by atoms with van der Waals surface area (Å²) in [6.45, 7) is 5.93. The second kappa shape index (κ2) is 6.18. The first kappa shape index (κ1) is 13.4. The van der Waals surface area contributed by atoms with E-state index >= 15 is 0 Å². The lowest BCUT2D eigenvalue weighted by atomic mass is 10.0. The molecule has 1 aliphatic heterocycles. The molecule has 0 bridgehead atoms. The van der Waals surface area contributed by atoms with E-state index in [1.165, 1.54) is 0 Å². The monoisotopic (exact) mass is 230 g/mol. The van der Waals surface area contributed by atoms with E-state index in [-0.39, 0.29) is 5.92 Å². The van der Waals surface area contributed by atoms with E-state index in [2.05, 4.69) is 11.9 Å². The molecule has 94 valence electrons. The van der Waals surface area contributed by atoms with Crippen molar-refractivity contribution in [1.29, 1.82) is 0 Å². The molecule has 0 radical (unpaired) electrons. The van der Waals surface area contributed by atoms with Crippen LogP contribution in [0.5, 0.6) is 0 Å². The summed E-state index contributed by atoms with van der Waals surface area (Å²) in [5.74, 6) is -0.722. The number of methoxy groups -OCH3 is 1. The molecule has 1 fully saturated rings. The third kappa shape index (κ3) is 3.43. The van der Waals surface area contributed by atoms with Crippen LogP contribution >= 0.6 is 0 Å². The van der Waals surface area contributed by atoms with Crippen molar-refractivity contribution in [2.45, 2.75) is 13.0 Å². The summed E-state index contributed by atoms with van der Waals surface area (Å²) in [5.41, 5.74) is 0. The molecular weight excluding hydrogens is 208 g/mol. The van der Waals surface area contributed by atoms with Crippen LogP contribution in [0.1, 0.15) is 6.92 Å². The molecule has 1 heterocycles. The molecule has 2 unspecified atom stereocenters. The number of ether oxygens (including phenoxy) is 1. The lowest BCUT2D eigenvalue weighted by molar-refractivity contribution is -0.147. The third-order valence-electron chi connectivity index (χ3n) is 3.15. The van der Waals surface area contributed by atoms with Gasteiger partial charge in [-0.2, -0.15) is 0 Å². The van der Waals surface area contributed by atoms with Gasteiger partial charge in [-0.05, 0) is 7.05 Å². The van der Waals surface area contributed by atoms with Crippen LogP contribution in [-0.2, 0) is 9.53 Å². The average Bonchev–Trinajstić information content (AvgIpc) is 2.21. The Morgan fingerprint density at radius 3 is 2.38 bits per heavy atom. The molecule has 2 atom stereocenters.